The largest absolute Gasteiger partial charge is 0.459 e. The molecule has 0 aliphatic carbocycles. The lowest BCUT2D eigenvalue weighted by Crippen LogP contribution is -2.48. The van der Waals surface area contributed by atoms with Gasteiger partial charge in [-0.25, -0.2) is 0 Å². The Morgan fingerprint density at radius 1 is 1.33 bits per heavy atom. The quantitative estimate of drug-likeness (QED) is 0.776. The molecule has 2 fully saturated rings. The van der Waals surface area contributed by atoms with Crippen LogP contribution in [0, 0.1) is 0 Å². The van der Waals surface area contributed by atoms with E-state index in [1.54, 1.807) is 0 Å². The number of esters is 1. The molecular formula is C14H26N2O2. The molecule has 0 aromatic heterocycles. The fourth-order valence-electron chi connectivity index (χ4n) is 3.06. The van der Waals surface area contributed by atoms with E-state index in [0.717, 1.165) is 6.42 Å². The van der Waals surface area contributed by atoms with E-state index in [-0.39, 0.29) is 12.0 Å². The number of fused-ring (bicyclic) bond motifs is 1. The molecule has 0 bridgehead atoms. The van der Waals surface area contributed by atoms with Crippen molar-refractivity contribution < 1.29 is 9.53 Å². The number of rotatable bonds is 3. The zero-order valence-electron chi connectivity index (χ0n) is 12.0. The maximum Gasteiger partial charge on any atom is 0.323 e. The van der Waals surface area contributed by atoms with Crippen LogP contribution >= 0.6 is 0 Å². The Morgan fingerprint density at radius 2 is 2.06 bits per heavy atom. The maximum absolute atomic E-state index is 11.9. The first-order valence-electron chi connectivity index (χ1n) is 7.10. The molecule has 2 saturated heterocycles. The summed E-state index contributed by atoms with van der Waals surface area (Å²) in [5.74, 6) is -0.140. The first-order valence-corrected chi connectivity index (χ1v) is 7.10. The lowest BCUT2D eigenvalue weighted by atomic mass is 10.1. The SMILES string of the molecule is CC(NC1CCN2CCCC12)C(=O)OC(C)(C)C. The lowest BCUT2D eigenvalue weighted by Gasteiger charge is -2.27. The van der Waals surface area contributed by atoms with Crippen molar-refractivity contribution in [3.63, 3.8) is 0 Å². The Labute approximate surface area is 110 Å². The zero-order valence-corrected chi connectivity index (χ0v) is 12.0. The predicted octanol–water partition coefficient (Wildman–Crippen LogP) is 1.54. The van der Waals surface area contributed by atoms with Gasteiger partial charge in [-0.2, -0.15) is 0 Å². The number of nitrogens with one attached hydrogen (secondary N) is 1. The fraction of sp³-hybridized carbons (Fsp3) is 0.929. The Hall–Kier alpha value is -0.610. The molecular weight excluding hydrogens is 228 g/mol. The van der Waals surface area contributed by atoms with Crippen LogP contribution in [0.2, 0.25) is 0 Å². The molecule has 1 N–H and O–H groups in total. The molecule has 0 aromatic rings. The van der Waals surface area contributed by atoms with Crippen LogP contribution < -0.4 is 5.32 Å². The summed E-state index contributed by atoms with van der Waals surface area (Å²) in [4.78, 5) is 14.5. The average Bonchev–Trinajstić information content (AvgIpc) is 2.80. The molecule has 4 nitrogen and oxygen atoms in total. The molecule has 0 amide bonds. The molecule has 2 aliphatic heterocycles. The van der Waals surface area contributed by atoms with Gasteiger partial charge in [-0.05, 0) is 53.5 Å². The minimum atomic E-state index is -0.401. The van der Waals surface area contributed by atoms with Crippen molar-refractivity contribution in [2.75, 3.05) is 13.1 Å². The van der Waals surface area contributed by atoms with E-state index < -0.39 is 5.60 Å². The Morgan fingerprint density at radius 3 is 2.72 bits per heavy atom. The van der Waals surface area contributed by atoms with Gasteiger partial charge >= 0.3 is 5.97 Å². The number of carbonyl (C=O) groups excluding carboxylic acids is 1. The van der Waals surface area contributed by atoms with Crippen LogP contribution in [0.5, 0.6) is 0 Å². The highest BCUT2D eigenvalue weighted by molar-refractivity contribution is 5.75. The summed E-state index contributed by atoms with van der Waals surface area (Å²) in [5, 5.41) is 3.46. The third-order valence-corrected chi connectivity index (χ3v) is 3.83. The van der Waals surface area contributed by atoms with Crippen molar-refractivity contribution in [3.8, 4) is 0 Å². The molecule has 104 valence electrons. The molecule has 0 radical (unpaired) electrons. The molecule has 18 heavy (non-hydrogen) atoms. The Balaban J connectivity index is 1.84. The fourth-order valence-corrected chi connectivity index (χ4v) is 3.06. The number of hydrogen-bond donors (Lipinski definition) is 1. The van der Waals surface area contributed by atoms with Gasteiger partial charge in [0.1, 0.15) is 11.6 Å². The van der Waals surface area contributed by atoms with Crippen LogP contribution in [0.15, 0.2) is 0 Å². The van der Waals surface area contributed by atoms with E-state index in [4.69, 9.17) is 4.74 Å². The summed E-state index contributed by atoms with van der Waals surface area (Å²) < 4.78 is 5.41. The van der Waals surface area contributed by atoms with Gasteiger partial charge in [-0.3, -0.25) is 9.69 Å². The van der Waals surface area contributed by atoms with Crippen molar-refractivity contribution in [2.45, 2.75) is 70.7 Å². The molecule has 2 rings (SSSR count). The van der Waals surface area contributed by atoms with Gasteiger partial charge in [0.05, 0.1) is 0 Å². The molecule has 3 atom stereocenters. The second-order valence-electron chi connectivity index (χ2n) is 6.56. The van der Waals surface area contributed by atoms with Crippen LogP contribution in [0.3, 0.4) is 0 Å². The van der Waals surface area contributed by atoms with Crippen LogP contribution in [0.25, 0.3) is 0 Å². The Kier molecular flexibility index (Phi) is 3.97. The van der Waals surface area contributed by atoms with Gasteiger partial charge in [0.15, 0.2) is 0 Å². The highest BCUT2D eigenvalue weighted by Gasteiger charge is 2.38. The molecule has 2 aliphatic rings. The molecule has 0 aromatic carbocycles. The van der Waals surface area contributed by atoms with Crippen LogP contribution in [-0.4, -0.2) is 47.7 Å². The van der Waals surface area contributed by atoms with E-state index >= 15 is 0 Å². The van der Waals surface area contributed by atoms with E-state index in [1.807, 2.05) is 27.7 Å². The van der Waals surface area contributed by atoms with Crippen LogP contribution in [0.1, 0.15) is 47.0 Å². The monoisotopic (exact) mass is 254 g/mol. The van der Waals surface area contributed by atoms with Gasteiger partial charge in [0, 0.05) is 18.6 Å². The summed E-state index contributed by atoms with van der Waals surface area (Å²) in [7, 11) is 0. The zero-order chi connectivity index (χ0) is 13.3. The summed E-state index contributed by atoms with van der Waals surface area (Å²) in [6.45, 7) is 10.0. The lowest BCUT2D eigenvalue weighted by molar-refractivity contribution is -0.157. The normalized spacial score (nSPS) is 30.2. The maximum atomic E-state index is 11.9. The number of nitrogens with zero attached hydrogens (tertiary/aromatic N) is 1. The van der Waals surface area contributed by atoms with Gasteiger partial charge in [-0.15, -0.1) is 0 Å². The highest BCUT2D eigenvalue weighted by Crippen LogP contribution is 2.28. The van der Waals surface area contributed by atoms with E-state index in [0.29, 0.717) is 12.1 Å². The molecule has 2 heterocycles. The van der Waals surface area contributed by atoms with E-state index in [9.17, 15) is 4.79 Å². The van der Waals surface area contributed by atoms with Crippen molar-refractivity contribution in [1.82, 2.24) is 10.2 Å². The van der Waals surface area contributed by atoms with Gasteiger partial charge in [-0.1, -0.05) is 0 Å². The standard InChI is InChI=1S/C14H26N2O2/c1-10(13(17)18-14(2,3)4)15-11-7-9-16-8-5-6-12(11)16/h10-12,15H,5-9H2,1-4H3. The first kappa shape index (κ1) is 13.8. The highest BCUT2D eigenvalue weighted by atomic mass is 16.6. The summed E-state index contributed by atoms with van der Waals surface area (Å²) >= 11 is 0. The Bertz CT molecular complexity index is 311. The third kappa shape index (κ3) is 3.23. The summed E-state index contributed by atoms with van der Waals surface area (Å²) in [6.07, 6.45) is 3.71. The number of ether oxygens (including phenoxy) is 1. The first-order chi connectivity index (χ1) is 8.37. The summed E-state index contributed by atoms with van der Waals surface area (Å²) in [6, 6.07) is 0.875. The van der Waals surface area contributed by atoms with Crippen molar-refractivity contribution >= 4 is 5.97 Å². The van der Waals surface area contributed by atoms with Gasteiger partial charge < -0.3 is 10.1 Å². The average molecular weight is 254 g/mol. The molecule has 3 unspecified atom stereocenters. The second kappa shape index (κ2) is 5.17. The van der Waals surface area contributed by atoms with Crippen molar-refractivity contribution in [3.05, 3.63) is 0 Å². The van der Waals surface area contributed by atoms with Crippen molar-refractivity contribution in [1.29, 1.82) is 0 Å². The number of hydrogen-bond acceptors (Lipinski definition) is 4. The minimum absolute atomic E-state index is 0.140. The second-order valence-corrected chi connectivity index (χ2v) is 6.56. The smallest absolute Gasteiger partial charge is 0.323 e. The topological polar surface area (TPSA) is 41.6 Å². The predicted molar refractivity (Wildman–Crippen MR) is 71.4 cm³/mol. The van der Waals surface area contributed by atoms with Crippen LogP contribution in [0.4, 0.5) is 0 Å². The number of carbonyl (C=O) groups is 1. The van der Waals surface area contributed by atoms with Crippen LogP contribution in [-0.2, 0) is 9.53 Å². The molecule has 0 saturated carbocycles. The van der Waals surface area contributed by atoms with Gasteiger partial charge in [0.25, 0.3) is 0 Å². The van der Waals surface area contributed by atoms with Gasteiger partial charge in [0.2, 0.25) is 0 Å². The molecule has 4 heteroatoms. The third-order valence-electron chi connectivity index (χ3n) is 3.83. The van der Waals surface area contributed by atoms with E-state index in [1.165, 1.54) is 25.9 Å². The van der Waals surface area contributed by atoms with E-state index in [2.05, 4.69) is 10.2 Å². The minimum Gasteiger partial charge on any atom is -0.459 e. The molecule has 0 spiro atoms. The van der Waals surface area contributed by atoms with Crippen molar-refractivity contribution in [2.24, 2.45) is 0 Å². The summed E-state index contributed by atoms with van der Waals surface area (Å²) in [5.41, 5.74) is -0.401.